The molecule has 1 aliphatic rings. The van der Waals surface area contributed by atoms with E-state index in [1.807, 2.05) is 0 Å². The number of nitrogens with two attached hydrogens (primary N) is 1. The van der Waals surface area contributed by atoms with Crippen LogP contribution >= 0.6 is 0 Å². The van der Waals surface area contributed by atoms with E-state index in [4.69, 9.17) is 5.73 Å². The Morgan fingerprint density at radius 2 is 2.19 bits per heavy atom. The molecule has 138 valence electrons. The molecule has 0 spiro atoms. The summed E-state index contributed by atoms with van der Waals surface area (Å²) >= 11 is 0. The zero-order valence-corrected chi connectivity index (χ0v) is 15.1. The maximum Gasteiger partial charge on any atom is 0.298 e. The van der Waals surface area contributed by atoms with Crippen LogP contribution in [0.5, 0.6) is 0 Å². The van der Waals surface area contributed by atoms with Crippen molar-refractivity contribution < 1.29 is 14.0 Å². The van der Waals surface area contributed by atoms with Gasteiger partial charge in [0.15, 0.2) is 0 Å². The first-order valence-corrected chi connectivity index (χ1v) is 8.65. The summed E-state index contributed by atoms with van der Waals surface area (Å²) in [6.45, 7) is 4.15. The smallest absolute Gasteiger partial charge is 0.298 e. The van der Waals surface area contributed by atoms with Gasteiger partial charge in [-0.05, 0) is 38.7 Å². The molecule has 1 aromatic carbocycles. The zero-order chi connectivity index (χ0) is 19.7. The van der Waals surface area contributed by atoms with E-state index in [0.29, 0.717) is 53.7 Å². The Hall–Kier alpha value is -3.32. The molecule has 27 heavy (non-hydrogen) atoms. The lowest BCUT2D eigenvalue weighted by Gasteiger charge is -2.32. The van der Waals surface area contributed by atoms with Gasteiger partial charge < -0.3 is 15.6 Å². The van der Waals surface area contributed by atoms with Crippen LogP contribution in [0.3, 0.4) is 0 Å². The molecule has 2 heterocycles. The Balaban J connectivity index is 2.19. The molecule has 1 unspecified atom stereocenters. The number of H-pyrrole nitrogens is 1. The number of halogens is 1. The second-order valence-corrected chi connectivity index (χ2v) is 6.64. The predicted octanol–water partition coefficient (Wildman–Crippen LogP) is 2.32. The van der Waals surface area contributed by atoms with Gasteiger partial charge in [-0.25, -0.2) is 4.39 Å². The van der Waals surface area contributed by atoms with Crippen molar-refractivity contribution in [2.45, 2.75) is 32.6 Å². The molecule has 6 nitrogen and oxygen atoms in total. The van der Waals surface area contributed by atoms with Crippen molar-refractivity contribution in [2.75, 3.05) is 13.1 Å². The Kier molecular flexibility index (Phi) is 4.87. The van der Waals surface area contributed by atoms with E-state index in [0.717, 1.165) is 6.07 Å². The third-order valence-corrected chi connectivity index (χ3v) is 4.98. The SMILES string of the molecule is CC#CC(=O)N1CCCC(c2c(F)cc(C(N)=O)c3[nH]c(C)c(C#N)c23)C1. The average molecular weight is 366 g/mol. The molecule has 2 aromatic rings. The first kappa shape index (κ1) is 18.5. The third kappa shape index (κ3) is 3.13. The number of nitriles is 1. The third-order valence-electron chi connectivity index (χ3n) is 4.98. The van der Waals surface area contributed by atoms with Crippen LogP contribution in [0.4, 0.5) is 4.39 Å². The lowest BCUT2D eigenvalue weighted by Crippen LogP contribution is -2.38. The summed E-state index contributed by atoms with van der Waals surface area (Å²) in [5, 5.41) is 9.95. The van der Waals surface area contributed by atoms with Crippen LogP contribution in [-0.4, -0.2) is 34.8 Å². The van der Waals surface area contributed by atoms with Crippen LogP contribution in [0, 0.1) is 35.9 Å². The number of benzene rings is 1. The van der Waals surface area contributed by atoms with Crippen molar-refractivity contribution in [3.63, 3.8) is 0 Å². The number of piperidine rings is 1. The highest BCUT2D eigenvalue weighted by Gasteiger charge is 2.30. The summed E-state index contributed by atoms with van der Waals surface area (Å²) in [7, 11) is 0. The molecular formula is C20H19FN4O2. The predicted molar refractivity (Wildman–Crippen MR) is 98.2 cm³/mol. The number of rotatable bonds is 2. The van der Waals surface area contributed by atoms with E-state index in [2.05, 4.69) is 22.9 Å². The Morgan fingerprint density at radius 3 is 2.81 bits per heavy atom. The summed E-state index contributed by atoms with van der Waals surface area (Å²) in [5.74, 6) is 3.15. The highest BCUT2D eigenvalue weighted by molar-refractivity contribution is 6.08. The van der Waals surface area contributed by atoms with Crippen LogP contribution in [0.15, 0.2) is 6.07 Å². The normalized spacial score (nSPS) is 16.5. The van der Waals surface area contributed by atoms with Crippen molar-refractivity contribution in [1.29, 1.82) is 5.26 Å². The lowest BCUT2D eigenvalue weighted by atomic mass is 9.86. The topological polar surface area (TPSA) is 103 Å². The summed E-state index contributed by atoms with van der Waals surface area (Å²) < 4.78 is 15.1. The van der Waals surface area contributed by atoms with Crippen molar-refractivity contribution in [3.05, 3.63) is 34.3 Å². The van der Waals surface area contributed by atoms with Gasteiger partial charge in [0.05, 0.1) is 16.6 Å². The minimum absolute atomic E-state index is 0.0106. The molecule has 0 aliphatic carbocycles. The van der Waals surface area contributed by atoms with Crippen LogP contribution in [-0.2, 0) is 4.79 Å². The highest BCUT2D eigenvalue weighted by Crippen LogP contribution is 2.38. The number of hydrogen-bond donors (Lipinski definition) is 2. The van der Waals surface area contributed by atoms with Crippen molar-refractivity contribution in [2.24, 2.45) is 5.73 Å². The van der Waals surface area contributed by atoms with Gasteiger partial charge >= 0.3 is 0 Å². The Morgan fingerprint density at radius 1 is 1.44 bits per heavy atom. The molecule has 1 atom stereocenters. The van der Waals surface area contributed by atoms with E-state index in [-0.39, 0.29) is 17.4 Å². The molecule has 0 radical (unpaired) electrons. The van der Waals surface area contributed by atoms with Crippen molar-refractivity contribution in [1.82, 2.24) is 9.88 Å². The van der Waals surface area contributed by atoms with E-state index < -0.39 is 11.7 Å². The summed E-state index contributed by atoms with van der Waals surface area (Å²) in [5.41, 5.74) is 6.95. The molecule has 1 aromatic heterocycles. The molecule has 0 bridgehead atoms. The molecular weight excluding hydrogens is 347 g/mol. The second-order valence-electron chi connectivity index (χ2n) is 6.64. The number of likely N-dealkylation sites (tertiary alicyclic amines) is 1. The molecule has 1 aliphatic heterocycles. The number of carbonyl (C=O) groups is 2. The van der Waals surface area contributed by atoms with Gasteiger partial charge in [0.2, 0.25) is 0 Å². The van der Waals surface area contributed by atoms with Gasteiger partial charge in [0.25, 0.3) is 11.8 Å². The Labute approximate surface area is 156 Å². The molecule has 3 rings (SSSR count). The Bertz CT molecular complexity index is 1050. The van der Waals surface area contributed by atoms with Gasteiger partial charge in [0, 0.05) is 35.7 Å². The van der Waals surface area contributed by atoms with Gasteiger partial charge in [-0.1, -0.05) is 5.92 Å². The number of primary amides is 1. The fourth-order valence-corrected chi connectivity index (χ4v) is 3.81. The van der Waals surface area contributed by atoms with Crippen LogP contribution < -0.4 is 5.73 Å². The van der Waals surface area contributed by atoms with E-state index in [1.165, 1.54) is 0 Å². The number of carbonyl (C=O) groups excluding carboxylic acids is 2. The molecule has 1 fully saturated rings. The van der Waals surface area contributed by atoms with Crippen LogP contribution in [0.1, 0.15) is 52.9 Å². The van der Waals surface area contributed by atoms with Crippen molar-refractivity contribution >= 4 is 22.7 Å². The lowest BCUT2D eigenvalue weighted by molar-refractivity contribution is -0.126. The fraction of sp³-hybridized carbons (Fsp3) is 0.350. The number of fused-ring (bicyclic) bond motifs is 1. The summed E-state index contributed by atoms with van der Waals surface area (Å²) in [6, 6.07) is 3.21. The van der Waals surface area contributed by atoms with Gasteiger partial charge in [0.1, 0.15) is 11.9 Å². The van der Waals surface area contributed by atoms with Gasteiger partial charge in [-0.3, -0.25) is 9.59 Å². The number of hydrogen-bond acceptors (Lipinski definition) is 3. The average Bonchev–Trinajstić information content (AvgIpc) is 2.96. The number of aryl methyl sites for hydroxylation is 1. The minimum atomic E-state index is -0.769. The van der Waals surface area contributed by atoms with E-state index >= 15 is 4.39 Å². The quantitative estimate of drug-likeness (QED) is 0.797. The van der Waals surface area contributed by atoms with Gasteiger partial charge in [-0.15, -0.1) is 0 Å². The minimum Gasteiger partial charge on any atom is -0.366 e. The van der Waals surface area contributed by atoms with E-state index in [1.54, 1.807) is 18.7 Å². The monoisotopic (exact) mass is 366 g/mol. The first-order chi connectivity index (χ1) is 12.9. The number of amides is 2. The summed E-state index contributed by atoms with van der Waals surface area (Å²) in [6.07, 6.45) is 1.37. The maximum absolute atomic E-state index is 15.1. The number of nitrogens with one attached hydrogen (secondary N) is 1. The molecule has 3 N–H and O–H groups in total. The molecule has 7 heteroatoms. The molecule has 2 amide bonds. The van der Waals surface area contributed by atoms with Gasteiger partial charge in [-0.2, -0.15) is 5.26 Å². The van der Waals surface area contributed by atoms with Crippen LogP contribution in [0.2, 0.25) is 0 Å². The summed E-state index contributed by atoms with van der Waals surface area (Å²) in [4.78, 5) is 28.5. The number of nitrogens with zero attached hydrogens (tertiary/aromatic N) is 2. The van der Waals surface area contributed by atoms with E-state index in [9.17, 15) is 14.9 Å². The number of aromatic amines is 1. The fourth-order valence-electron chi connectivity index (χ4n) is 3.81. The van der Waals surface area contributed by atoms with Crippen LogP contribution in [0.25, 0.3) is 10.9 Å². The van der Waals surface area contributed by atoms with Crippen molar-refractivity contribution in [3.8, 4) is 17.9 Å². The standard InChI is InChI=1S/C20H19FN4O2/c1-3-5-16(26)25-7-4-6-12(10-25)17-15(21)8-13(20(23)27)19-18(17)14(9-22)11(2)24-19/h8,12,24H,4,6-7,10H2,1-2H3,(H2,23,27). The maximum atomic E-state index is 15.1. The molecule has 1 saturated heterocycles. The second kappa shape index (κ2) is 7.13. The largest absolute Gasteiger partial charge is 0.366 e. The molecule has 0 saturated carbocycles. The number of aromatic nitrogens is 1. The highest BCUT2D eigenvalue weighted by atomic mass is 19.1. The zero-order valence-electron chi connectivity index (χ0n) is 15.1. The first-order valence-electron chi connectivity index (χ1n) is 8.65.